The van der Waals surface area contributed by atoms with Crippen molar-refractivity contribution in [3.8, 4) is 0 Å². The Morgan fingerprint density at radius 1 is 1.47 bits per heavy atom. The van der Waals surface area contributed by atoms with Crippen LogP contribution in [-0.4, -0.2) is 53.8 Å². The number of urea groups is 1. The van der Waals surface area contributed by atoms with Crippen molar-refractivity contribution in [2.24, 2.45) is 5.92 Å². The fourth-order valence-corrected chi connectivity index (χ4v) is 1.74. The summed E-state index contributed by atoms with van der Waals surface area (Å²) in [5, 5.41) is 11.5. The number of morpholine rings is 1. The average Bonchev–Trinajstić information content (AvgIpc) is 2.24. The molecular formula is C11H20N2O4. The lowest BCUT2D eigenvalue weighted by Crippen LogP contribution is -2.54. The molecule has 0 aromatic carbocycles. The lowest BCUT2D eigenvalue weighted by atomic mass is 10.1. The third-order valence-electron chi connectivity index (χ3n) is 2.74. The fourth-order valence-electron chi connectivity index (χ4n) is 1.74. The summed E-state index contributed by atoms with van der Waals surface area (Å²) in [4.78, 5) is 24.4. The quantitative estimate of drug-likeness (QED) is 0.759. The SMILES string of the molecule is CC1CN(C(=O)N[C@H](C(=O)O)C(C)C)CCO1. The monoisotopic (exact) mass is 244 g/mol. The van der Waals surface area contributed by atoms with Gasteiger partial charge in [0, 0.05) is 13.1 Å². The molecule has 98 valence electrons. The zero-order valence-electron chi connectivity index (χ0n) is 10.5. The van der Waals surface area contributed by atoms with Gasteiger partial charge in [-0.25, -0.2) is 9.59 Å². The van der Waals surface area contributed by atoms with E-state index in [1.54, 1.807) is 18.7 Å². The van der Waals surface area contributed by atoms with Crippen molar-refractivity contribution in [3.63, 3.8) is 0 Å². The van der Waals surface area contributed by atoms with Gasteiger partial charge in [-0.3, -0.25) is 0 Å². The van der Waals surface area contributed by atoms with Gasteiger partial charge in [0.05, 0.1) is 12.7 Å². The number of carbonyl (C=O) groups excluding carboxylic acids is 1. The molecule has 0 spiro atoms. The highest BCUT2D eigenvalue weighted by Gasteiger charge is 2.27. The minimum atomic E-state index is -1.00. The van der Waals surface area contributed by atoms with Gasteiger partial charge in [-0.15, -0.1) is 0 Å². The zero-order chi connectivity index (χ0) is 13.0. The van der Waals surface area contributed by atoms with Crippen LogP contribution in [0.15, 0.2) is 0 Å². The second-order valence-electron chi connectivity index (χ2n) is 4.64. The van der Waals surface area contributed by atoms with Crippen molar-refractivity contribution in [1.29, 1.82) is 0 Å². The first-order valence-corrected chi connectivity index (χ1v) is 5.81. The van der Waals surface area contributed by atoms with Gasteiger partial charge in [-0.2, -0.15) is 0 Å². The Bertz CT molecular complexity index is 293. The molecule has 2 N–H and O–H groups in total. The fraction of sp³-hybridized carbons (Fsp3) is 0.818. The molecule has 2 atom stereocenters. The number of carboxylic acids is 1. The predicted octanol–water partition coefficient (Wildman–Crippen LogP) is 0.526. The molecule has 0 aromatic rings. The van der Waals surface area contributed by atoms with Crippen LogP contribution in [0, 0.1) is 5.92 Å². The first-order chi connectivity index (χ1) is 7.91. The van der Waals surface area contributed by atoms with E-state index in [0.29, 0.717) is 19.7 Å². The van der Waals surface area contributed by atoms with Crippen molar-refractivity contribution >= 4 is 12.0 Å². The van der Waals surface area contributed by atoms with E-state index in [1.165, 1.54) is 0 Å². The maximum absolute atomic E-state index is 11.9. The Kier molecular flexibility index (Phi) is 4.74. The van der Waals surface area contributed by atoms with Crippen LogP contribution in [0.1, 0.15) is 20.8 Å². The van der Waals surface area contributed by atoms with Crippen LogP contribution in [0.3, 0.4) is 0 Å². The summed E-state index contributed by atoms with van der Waals surface area (Å²) in [5.74, 6) is -1.15. The molecule has 0 aromatic heterocycles. The molecule has 0 aliphatic carbocycles. The summed E-state index contributed by atoms with van der Waals surface area (Å²) < 4.78 is 5.32. The summed E-state index contributed by atoms with van der Waals surface area (Å²) >= 11 is 0. The van der Waals surface area contributed by atoms with Crippen molar-refractivity contribution in [2.75, 3.05) is 19.7 Å². The van der Waals surface area contributed by atoms with E-state index in [1.807, 2.05) is 6.92 Å². The number of aliphatic carboxylic acids is 1. The van der Waals surface area contributed by atoms with Crippen LogP contribution >= 0.6 is 0 Å². The molecule has 2 amide bonds. The molecule has 6 nitrogen and oxygen atoms in total. The summed E-state index contributed by atoms with van der Waals surface area (Å²) in [6.07, 6.45) is -0.00294. The van der Waals surface area contributed by atoms with Gasteiger partial charge in [0.25, 0.3) is 0 Å². The molecule has 0 radical (unpaired) electrons. The largest absolute Gasteiger partial charge is 0.480 e. The topological polar surface area (TPSA) is 78.9 Å². The summed E-state index contributed by atoms with van der Waals surface area (Å²) in [5.41, 5.74) is 0. The third kappa shape index (κ3) is 3.89. The van der Waals surface area contributed by atoms with Crippen LogP contribution in [0.25, 0.3) is 0 Å². The van der Waals surface area contributed by atoms with E-state index in [-0.39, 0.29) is 18.1 Å². The average molecular weight is 244 g/mol. The molecule has 1 rings (SSSR count). The summed E-state index contributed by atoms with van der Waals surface area (Å²) in [7, 11) is 0. The van der Waals surface area contributed by atoms with Crippen molar-refractivity contribution < 1.29 is 19.4 Å². The molecule has 17 heavy (non-hydrogen) atoms. The lowest BCUT2D eigenvalue weighted by molar-refractivity contribution is -0.140. The van der Waals surface area contributed by atoms with Crippen LogP contribution in [0.5, 0.6) is 0 Å². The Morgan fingerprint density at radius 2 is 2.12 bits per heavy atom. The number of hydrogen-bond donors (Lipinski definition) is 2. The van der Waals surface area contributed by atoms with Crippen LogP contribution in [0.4, 0.5) is 4.79 Å². The highest BCUT2D eigenvalue weighted by molar-refractivity contribution is 5.82. The number of rotatable bonds is 3. The molecule has 0 saturated carbocycles. The minimum Gasteiger partial charge on any atom is -0.480 e. The minimum absolute atomic E-state index is 0.00294. The number of amides is 2. The number of nitrogens with one attached hydrogen (secondary N) is 1. The Hall–Kier alpha value is -1.30. The van der Waals surface area contributed by atoms with Crippen molar-refractivity contribution in [1.82, 2.24) is 10.2 Å². The zero-order valence-corrected chi connectivity index (χ0v) is 10.5. The smallest absolute Gasteiger partial charge is 0.326 e. The summed E-state index contributed by atoms with van der Waals surface area (Å²) in [6, 6.07) is -1.18. The molecule has 6 heteroatoms. The number of carboxylic acid groups (broad SMARTS) is 1. The Balaban J connectivity index is 2.54. The van der Waals surface area contributed by atoms with Gasteiger partial charge in [-0.1, -0.05) is 13.8 Å². The molecule has 0 bridgehead atoms. The van der Waals surface area contributed by atoms with Gasteiger partial charge in [0.2, 0.25) is 0 Å². The summed E-state index contributed by atoms with van der Waals surface area (Å²) in [6.45, 7) is 6.91. The van der Waals surface area contributed by atoms with Gasteiger partial charge in [0.1, 0.15) is 6.04 Å². The van der Waals surface area contributed by atoms with Crippen LogP contribution in [0.2, 0.25) is 0 Å². The van der Waals surface area contributed by atoms with E-state index in [4.69, 9.17) is 9.84 Å². The highest BCUT2D eigenvalue weighted by Crippen LogP contribution is 2.07. The Labute approximate surface area is 101 Å². The van der Waals surface area contributed by atoms with Gasteiger partial charge >= 0.3 is 12.0 Å². The number of carbonyl (C=O) groups is 2. The number of hydrogen-bond acceptors (Lipinski definition) is 3. The maximum atomic E-state index is 11.9. The van der Waals surface area contributed by atoms with Gasteiger partial charge in [0.15, 0.2) is 0 Å². The first-order valence-electron chi connectivity index (χ1n) is 5.81. The van der Waals surface area contributed by atoms with Gasteiger partial charge < -0.3 is 20.1 Å². The molecule has 1 fully saturated rings. The van der Waals surface area contributed by atoms with E-state index < -0.39 is 12.0 Å². The molecule has 1 saturated heterocycles. The second kappa shape index (κ2) is 5.86. The van der Waals surface area contributed by atoms with Gasteiger partial charge in [-0.05, 0) is 12.8 Å². The molecular weight excluding hydrogens is 224 g/mol. The van der Waals surface area contributed by atoms with E-state index in [0.717, 1.165) is 0 Å². The van der Waals surface area contributed by atoms with Crippen LogP contribution < -0.4 is 5.32 Å². The molecule has 1 unspecified atom stereocenters. The van der Waals surface area contributed by atoms with Crippen molar-refractivity contribution in [3.05, 3.63) is 0 Å². The molecule has 1 aliphatic heterocycles. The Morgan fingerprint density at radius 3 is 2.59 bits per heavy atom. The third-order valence-corrected chi connectivity index (χ3v) is 2.74. The van der Waals surface area contributed by atoms with Crippen LogP contribution in [-0.2, 0) is 9.53 Å². The van der Waals surface area contributed by atoms with E-state index in [9.17, 15) is 9.59 Å². The second-order valence-corrected chi connectivity index (χ2v) is 4.64. The predicted molar refractivity (Wildman–Crippen MR) is 61.8 cm³/mol. The highest BCUT2D eigenvalue weighted by atomic mass is 16.5. The lowest BCUT2D eigenvalue weighted by Gasteiger charge is -2.32. The maximum Gasteiger partial charge on any atom is 0.326 e. The first kappa shape index (κ1) is 13.8. The number of nitrogens with zero attached hydrogens (tertiary/aromatic N) is 1. The number of ether oxygens (including phenoxy) is 1. The van der Waals surface area contributed by atoms with E-state index >= 15 is 0 Å². The normalized spacial score (nSPS) is 22.4. The standard InChI is InChI=1S/C11H20N2O4/c1-7(2)9(10(14)15)12-11(16)13-4-5-17-8(3)6-13/h7-9H,4-6H2,1-3H3,(H,12,16)(H,14,15)/t8?,9-/m0/s1. The van der Waals surface area contributed by atoms with Crippen molar-refractivity contribution in [2.45, 2.75) is 32.9 Å². The molecule has 1 heterocycles. The molecule has 1 aliphatic rings. The van der Waals surface area contributed by atoms with E-state index in [2.05, 4.69) is 5.32 Å².